The topological polar surface area (TPSA) is 72.8 Å². The van der Waals surface area contributed by atoms with E-state index in [-0.39, 0.29) is 19.9 Å². The molecular weight excluding hydrogens is 291 g/mol. The maximum Gasteiger partial charge on any atom is 0.231 e. The second-order valence-corrected chi connectivity index (χ2v) is 4.71. The molecule has 1 aromatic heterocycles. The zero-order chi connectivity index (χ0) is 15.4. The van der Waals surface area contributed by atoms with Gasteiger partial charge in [-0.25, -0.2) is 4.98 Å². The summed E-state index contributed by atoms with van der Waals surface area (Å²) in [6, 6.07) is 9.61. The average molecular weight is 306 g/mol. The van der Waals surface area contributed by atoms with Crippen molar-refractivity contribution in [3.63, 3.8) is 0 Å². The molecule has 2 N–H and O–H groups in total. The van der Waals surface area contributed by atoms with Crippen molar-refractivity contribution < 1.29 is 23.7 Å². The lowest BCUT2D eigenvalue weighted by atomic mass is 10.3. The predicted octanol–water partition coefficient (Wildman–Crippen LogP) is 1.80. The maximum atomic E-state index is 12.9. The van der Waals surface area contributed by atoms with Crippen LogP contribution in [0.4, 0.5) is 10.2 Å². The number of aliphatic hydroxyl groups excluding tert-OH is 1. The van der Waals surface area contributed by atoms with Crippen molar-refractivity contribution in [2.24, 2.45) is 0 Å². The Balaban J connectivity index is 1.47. The van der Waals surface area contributed by atoms with Crippen LogP contribution in [0.25, 0.3) is 0 Å². The summed E-state index contributed by atoms with van der Waals surface area (Å²) in [4.78, 5) is 3.64. The Bertz CT molecular complexity index is 653. The van der Waals surface area contributed by atoms with Crippen molar-refractivity contribution in [3.05, 3.63) is 42.3 Å². The summed E-state index contributed by atoms with van der Waals surface area (Å²) in [6.45, 7) is 0.481. The summed E-state index contributed by atoms with van der Waals surface area (Å²) in [5.41, 5.74) is 0. The molecule has 3 rings (SSSR count). The van der Waals surface area contributed by atoms with Gasteiger partial charge in [-0.05, 0) is 24.3 Å². The minimum atomic E-state index is -0.768. The van der Waals surface area contributed by atoms with Gasteiger partial charge in [0.1, 0.15) is 24.3 Å². The molecule has 1 aliphatic heterocycles. The highest BCUT2D eigenvalue weighted by atomic mass is 19.1. The molecule has 0 fully saturated rings. The fourth-order valence-corrected chi connectivity index (χ4v) is 1.95. The zero-order valence-corrected chi connectivity index (χ0v) is 11.7. The SMILES string of the molecule is OC(CNc1cccc(F)n1)COc1ccc2c(c1)OCO2. The quantitative estimate of drug-likeness (QED) is 0.793. The summed E-state index contributed by atoms with van der Waals surface area (Å²) >= 11 is 0. The number of aromatic nitrogens is 1. The zero-order valence-electron chi connectivity index (χ0n) is 11.7. The van der Waals surface area contributed by atoms with Gasteiger partial charge in [0.2, 0.25) is 12.7 Å². The third-order valence-electron chi connectivity index (χ3n) is 3.02. The largest absolute Gasteiger partial charge is 0.491 e. The Morgan fingerprint density at radius 3 is 3.00 bits per heavy atom. The molecule has 0 amide bonds. The fourth-order valence-electron chi connectivity index (χ4n) is 1.95. The lowest BCUT2D eigenvalue weighted by molar-refractivity contribution is 0.117. The van der Waals surface area contributed by atoms with Crippen molar-refractivity contribution in [2.45, 2.75) is 6.10 Å². The molecule has 6 nitrogen and oxygen atoms in total. The Kier molecular flexibility index (Phi) is 4.24. The van der Waals surface area contributed by atoms with Crippen molar-refractivity contribution in [3.8, 4) is 17.2 Å². The van der Waals surface area contributed by atoms with Crippen molar-refractivity contribution in [1.29, 1.82) is 0 Å². The Morgan fingerprint density at radius 1 is 1.27 bits per heavy atom. The number of pyridine rings is 1. The van der Waals surface area contributed by atoms with Crippen LogP contribution in [0.15, 0.2) is 36.4 Å². The predicted molar refractivity (Wildman–Crippen MR) is 76.8 cm³/mol. The highest BCUT2D eigenvalue weighted by Gasteiger charge is 2.14. The number of fused-ring (bicyclic) bond motifs is 1. The first kappa shape index (κ1) is 14.4. The third-order valence-corrected chi connectivity index (χ3v) is 3.02. The Morgan fingerprint density at radius 2 is 2.14 bits per heavy atom. The van der Waals surface area contributed by atoms with Gasteiger partial charge in [0.15, 0.2) is 11.5 Å². The Hall–Kier alpha value is -2.54. The molecule has 0 saturated heterocycles. The van der Waals surface area contributed by atoms with Gasteiger partial charge in [-0.15, -0.1) is 0 Å². The van der Waals surface area contributed by atoms with Crippen LogP contribution in [0, 0.1) is 5.95 Å². The summed E-state index contributed by atoms with van der Waals surface area (Å²) in [5.74, 6) is 1.66. The van der Waals surface area contributed by atoms with E-state index in [2.05, 4.69) is 10.3 Å². The van der Waals surface area contributed by atoms with Crippen LogP contribution < -0.4 is 19.5 Å². The van der Waals surface area contributed by atoms with Gasteiger partial charge in [0, 0.05) is 12.6 Å². The second-order valence-electron chi connectivity index (χ2n) is 4.71. The molecular formula is C15H15FN2O4. The van der Waals surface area contributed by atoms with Gasteiger partial charge in [0.05, 0.1) is 0 Å². The van der Waals surface area contributed by atoms with Crippen LogP contribution in [0.5, 0.6) is 17.2 Å². The second kappa shape index (κ2) is 6.48. The van der Waals surface area contributed by atoms with E-state index in [0.29, 0.717) is 23.1 Å². The smallest absolute Gasteiger partial charge is 0.231 e. The standard InChI is InChI=1S/C15H15FN2O4/c16-14-2-1-3-15(18-14)17-7-10(19)8-20-11-4-5-12-13(6-11)22-9-21-12/h1-6,10,19H,7-9H2,(H,17,18). The summed E-state index contributed by atoms with van der Waals surface area (Å²) in [6.07, 6.45) is -0.768. The normalized spacial score (nSPS) is 13.7. The van der Waals surface area contributed by atoms with Crippen LogP contribution >= 0.6 is 0 Å². The lowest BCUT2D eigenvalue weighted by Crippen LogP contribution is -2.26. The van der Waals surface area contributed by atoms with Gasteiger partial charge in [-0.2, -0.15) is 4.39 Å². The molecule has 2 aromatic rings. The first-order valence-corrected chi connectivity index (χ1v) is 6.77. The van der Waals surface area contributed by atoms with Gasteiger partial charge in [-0.3, -0.25) is 0 Å². The Labute approximate surface area is 126 Å². The van der Waals surface area contributed by atoms with E-state index < -0.39 is 12.1 Å². The molecule has 2 heterocycles. The molecule has 7 heteroatoms. The number of benzene rings is 1. The van der Waals surface area contributed by atoms with E-state index in [0.717, 1.165) is 0 Å². The van der Waals surface area contributed by atoms with Gasteiger partial charge < -0.3 is 24.6 Å². The van der Waals surface area contributed by atoms with Crippen molar-refractivity contribution >= 4 is 5.82 Å². The minimum Gasteiger partial charge on any atom is -0.491 e. The van der Waals surface area contributed by atoms with E-state index in [1.165, 1.54) is 6.07 Å². The number of anilines is 1. The molecule has 1 unspecified atom stereocenters. The fraction of sp³-hybridized carbons (Fsp3) is 0.267. The number of ether oxygens (including phenoxy) is 3. The summed E-state index contributed by atoms with van der Waals surface area (Å²) in [5, 5.41) is 12.7. The molecule has 22 heavy (non-hydrogen) atoms. The van der Waals surface area contributed by atoms with Crippen molar-refractivity contribution in [1.82, 2.24) is 4.98 Å². The maximum absolute atomic E-state index is 12.9. The van der Waals surface area contributed by atoms with Crippen LogP contribution in [-0.4, -0.2) is 36.1 Å². The number of aliphatic hydroxyl groups is 1. The lowest BCUT2D eigenvalue weighted by Gasteiger charge is -2.13. The molecule has 0 saturated carbocycles. The molecule has 0 radical (unpaired) electrons. The van der Waals surface area contributed by atoms with Crippen LogP contribution in [-0.2, 0) is 0 Å². The van der Waals surface area contributed by atoms with Gasteiger partial charge in [0.25, 0.3) is 0 Å². The number of hydrogen-bond donors (Lipinski definition) is 2. The molecule has 116 valence electrons. The van der Waals surface area contributed by atoms with E-state index in [4.69, 9.17) is 14.2 Å². The molecule has 1 aliphatic rings. The number of rotatable bonds is 6. The van der Waals surface area contributed by atoms with Gasteiger partial charge in [-0.1, -0.05) is 6.07 Å². The first-order valence-electron chi connectivity index (χ1n) is 6.77. The first-order chi connectivity index (χ1) is 10.7. The van der Waals surface area contributed by atoms with Crippen LogP contribution in [0.2, 0.25) is 0 Å². The van der Waals surface area contributed by atoms with Crippen LogP contribution in [0.1, 0.15) is 0 Å². The monoisotopic (exact) mass is 306 g/mol. The highest BCUT2D eigenvalue weighted by molar-refractivity contribution is 5.46. The van der Waals surface area contributed by atoms with E-state index in [1.54, 1.807) is 30.3 Å². The van der Waals surface area contributed by atoms with E-state index in [9.17, 15) is 9.50 Å². The summed E-state index contributed by atoms with van der Waals surface area (Å²) < 4.78 is 28.8. The molecule has 1 atom stereocenters. The molecule has 0 aliphatic carbocycles. The van der Waals surface area contributed by atoms with E-state index >= 15 is 0 Å². The molecule has 1 aromatic carbocycles. The van der Waals surface area contributed by atoms with E-state index in [1.807, 2.05) is 0 Å². The minimum absolute atomic E-state index is 0.0853. The van der Waals surface area contributed by atoms with Crippen molar-refractivity contribution in [2.75, 3.05) is 25.3 Å². The number of nitrogens with zero attached hydrogens (tertiary/aromatic N) is 1. The molecule has 0 spiro atoms. The number of halogens is 1. The third kappa shape index (κ3) is 3.56. The number of hydrogen-bond acceptors (Lipinski definition) is 6. The number of nitrogens with one attached hydrogen (secondary N) is 1. The summed E-state index contributed by atoms with van der Waals surface area (Å²) in [7, 11) is 0. The average Bonchev–Trinajstić information content (AvgIpc) is 2.98. The van der Waals surface area contributed by atoms with Crippen LogP contribution in [0.3, 0.4) is 0 Å². The molecule has 0 bridgehead atoms. The van der Waals surface area contributed by atoms with Gasteiger partial charge >= 0.3 is 0 Å². The highest BCUT2D eigenvalue weighted by Crippen LogP contribution is 2.35.